The summed E-state index contributed by atoms with van der Waals surface area (Å²) >= 11 is 1.90. The van der Waals surface area contributed by atoms with E-state index in [-0.39, 0.29) is 0 Å². The van der Waals surface area contributed by atoms with Crippen LogP contribution in [0.25, 0.3) is 96.6 Å². The van der Waals surface area contributed by atoms with Gasteiger partial charge in [0.2, 0.25) is 0 Å². The molecule has 0 spiro atoms. The molecule has 1 heteroatoms. The number of fused-ring (bicyclic) bond motifs is 3. The molecule has 1 aromatic heterocycles. The molecule has 0 aliphatic rings. The average Bonchev–Trinajstić information content (AvgIpc) is 3.50. The van der Waals surface area contributed by atoms with Crippen molar-refractivity contribution in [1.82, 2.24) is 0 Å². The van der Waals surface area contributed by atoms with Crippen LogP contribution in [0.3, 0.4) is 0 Å². The number of rotatable bonds is 3. The predicted molar refractivity (Wildman–Crippen MR) is 197 cm³/mol. The molecule has 9 aromatic carbocycles. The van der Waals surface area contributed by atoms with Crippen LogP contribution >= 0.6 is 11.3 Å². The lowest BCUT2D eigenvalue weighted by molar-refractivity contribution is 1.64. The molecule has 0 fully saturated rings. The Hall–Kier alpha value is -5.50. The van der Waals surface area contributed by atoms with Gasteiger partial charge in [0.05, 0.1) is 0 Å². The van der Waals surface area contributed by atoms with Gasteiger partial charge in [0, 0.05) is 20.2 Å². The standard InChI is InChI=1S/C44H26S/c1-2-11-27(12-3-1)31-19-8-13-28-23-24-30(25-37(28)31)41-32-15-4-6-17-34(32)43(35-18-7-5-16-33(35)41)38-26-29-14-9-21-39-42(29)44-36(38)20-10-22-40(44)45-39/h1-26H. The minimum Gasteiger partial charge on any atom is -0.135 e. The number of thiophene rings is 1. The third kappa shape index (κ3) is 3.59. The van der Waals surface area contributed by atoms with Gasteiger partial charge in [0.1, 0.15) is 0 Å². The van der Waals surface area contributed by atoms with E-state index in [1.54, 1.807) is 0 Å². The second kappa shape index (κ2) is 9.50. The van der Waals surface area contributed by atoms with Gasteiger partial charge < -0.3 is 0 Å². The monoisotopic (exact) mass is 586 g/mol. The molecule has 208 valence electrons. The van der Waals surface area contributed by atoms with E-state index in [0.29, 0.717) is 0 Å². The van der Waals surface area contributed by atoms with E-state index in [1.165, 1.54) is 96.6 Å². The largest absolute Gasteiger partial charge is 0.135 e. The van der Waals surface area contributed by atoms with Gasteiger partial charge in [-0.3, -0.25) is 0 Å². The van der Waals surface area contributed by atoms with Crippen molar-refractivity contribution in [2.24, 2.45) is 0 Å². The van der Waals surface area contributed by atoms with E-state index < -0.39 is 0 Å². The van der Waals surface area contributed by atoms with Gasteiger partial charge in [-0.1, -0.05) is 133 Å². The summed E-state index contributed by atoms with van der Waals surface area (Å²) in [4.78, 5) is 0. The fourth-order valence-corrected chi connectivity index (χ4v) is 8.87. The van der Waals surface area contributed by atoms with Crippen molar-refractivity contribution in [1.29, 1.82) is 0 Å². The Morgan fingerprint density at radius 1 is 0.311 bits per heavy atom. The molecule has 0 saturated heterocycles. The molecular formula is C44H26S. The third-order valence-corrected chi connectivity index (χ3v) is 10.7. The van der Waals surface area contributed by atoms with Crippen molar-refractivity contribution in [3.05, 3.63) is 158 Å². The molecule has 10 rings (SSSR count). The first-order valence-electron chi connectivity index (χ1n) is 15.5. The number of benzene rings is 9. The van der Waals surface area contributed by atoms with Crippen LogP contribution in [0.4, 0.5) is 0 Å². The predicted octanol–water partition coefficient (Wildman–Crippen LogP) is 13.1. The van der Waals surface area contributed by atoms with Gasteiger partial charge in [-0.15, -0.1) is 11.3 Å². The summed E-state index contributed by atoms with van der Waals surface area (Å²) in [6, 6.07) is 58.4. The quantitative estimate of drug-likeness (QED) is 0.143. The molecule has 0 aliphatic heterocycles. The van der Waals surface area contributed by atoms with E-state index in [0.717, 1.165) is 0 Å². The first-order valence-corrected chi connectivity index (χ1v) is 16.3. The molecule has 1 heterocycles. The molecular weight excluding hydrogens is 561 g/mol. The number of hydrogen-bond acceptors (Lipinski definition) is 1. The van der Waals surface area contributed by atoms with Crippen LogP contribution in [0.1, 0.15) is 0 Å². The van der Waals surface area contributed by atoms with Crippen LogP contribution in [0.15, 0.2) is 158 Å². The molecule has 0 aliphatic carbocycles. The maximum atomic E-state index is 2.44. The topological polar surface area (TPSA) is 0 Å². The highest BCUT2D eigenvalue weighted by molar-refractivity contribution is 7.26. The van der Waals surface area contributed by atoms with Crippen LogP contribution in [-0.4, -0.2) is 0 Å². The van der Waals surface area contributed by atoms with E-state index in [2.05, 4.69) is 158 Å². The summed E-state index contributed by atoms with van der Waals surface area (Å²) in [6.07, 6.45) is 0. The minimum atomic E-state index is 1.24. The van der Waals surface area contributed by atoms with Crippen molar-refractivity contribution in [2.75, 3.05) is 0 Å². The molecule has 45 heavy (non-hydrogen) atoms. The second-order valence-electron chi connectivity index (χ2n) is 12.0. The fourth-order valence-electron chi connectivity index (χ4n) is 7.71. The van der Waals surface area contributed by atoms with E-state index in [1.807, 2.05) is 11.3 Å². The van der Waals surface area contributed by atoms with Crippen LogP contribution in [0.5, 0.6) is 0 Å². The highest BCUT2D eigenvalue weighted by Gasteiger charge is 2.21. The Morgan fingerprint density at radius 3 is 1.67 bits per heavy atom. The molecule has 0 atom stereocenters. The van der Waals surface area contributed by atoms with Crippen molar-refractivity contribution < 1.29 is 0 Å². The van der Waals surface area contributed by atoms with Gasteiger partial charge in [-0.2, -0.15) is 0 Å². The van der Waals surface area contributed by atoms with Gasteiger partial charge in [0.25, 0.3) is 0 Å². The zero-order valence-corrected chi connectivity index (χ0v) is 25.2. The normalized spacial score (nSPS) is 12.0. The zero-order chi connectivity index (χ0) is 29.5. The SMILES string of the molecule is c1ccc(-c2cccc3ccc(-c4c5ccccc5c(-c5cc6cccc7sc8cccc5c8c67)c5ccccc45)cc23)cc1. The maximum Gasteiger partial charge on any atom is 0.0361 e. The Balaban J connectivity index is 1.33. The van der Waals surface area contributed by atoms with E-state index in [9.17, 15) is 0 Å². The molecule has 0 saturated carbocycles. The zero-order valence-electron chi connectivity index (χ0n) is 24.4. The first kappa shape index (κ1) is 24.9. The molecule has 0 unspecified atom stereocenters. The lowest BCUT2D eigenvalue weighted by Crippen LogP contribution is -1.92. The molecule has 10 aromatic rings. The van der Waals surface area contributed by atoms with Crippen LogP contribution in [0.2, 0.25) is 0 Å². The minimum absolute atomic E-state index is 1.24. The molecule has 0 radical (unpaired) electrons. The molecule has 0 bridgehead atoms. The van der Waals surface area contributed by atoms with Gasteiger partial charge >= 0.3 is 0 Å². The lowest BCUT2D eigenvalue weighted by atomic mass is 9.83. The molecule has 0 amide bonds. The highest BCUT2D eigenvalue weighted by Crippen LogP contribution is 2.49. The summed E-state index contributed by atoms with van der Waals surface area (Å²) in [5.41, 5.74) is 7.67. The van der Waals surface area contributed by atoms with Crippen molar-refractivity contribution in [3.63, 3.8) is 0 Å². The van der Waals surface area contributed by atoms with E-state index >= 15 is 0 Å². The Morgan fingerprint density at radius 2 is 0.911 bits per heavy atom. The van der Waals surface area contributed by atoms with E-state index in [4.69, 9.17) is 0 Å². The summed E-state index contributed by atoms with van der Waals surface area (Å²) in [6.45, 7) is 0. The summed E-state index contributed by atoms with van der Waals surface area (Å²) < 4.78 is 2.72. The lowest BCUT2D eigenvalue weighted by Gasteiger charge is -2.20. The summed E-state index contributed by atoms with van der Waals surface area (Å²) in [5.74, 6) is 0. The molecule has 0 N–H and O–H groups in total. The highest BCUT2D eigenvalue weighted by atomic mass is 32.1. The summed E-state index contributed by atoms with van der Waals surface area (Å²) in [5, 5.41) is 13.1. The smallest absolute Gasteiger partial charge is 0.0361 e. The Bertz CT molecular complexity index is 2690. The molecule has 0 nitrogen and oxygen atoms in total. The fraction of sp³-hybridized carbons (Fsp3) is 0. The Labute approximate surface area is 264 Å². The average molecular weight is 587 g/mol. The van der Waals surface area contributed by atoms with Crippen LogP contribution < -0.4 is 0 Å². The second-order valence-corrected chi connectivity index (χ2v) is 13.1. The van der Waals surface area contributed by atoms with Crippen LogP contribution in [-0.2, 0) is 0 Å². The third-order valence-electron chi connectivity index (χ3n) is 9.60. The first-order chi connectivity index (χ1) is 22.3. The van der Waals surface area contributed by atoms with Crippen LogP contribution in [0, 0.1) is 0 Å². The van der Waals surface area contributed by atoms with Gasteiger partial charge in [-0.05, 0) is 101 Å². The van der Waals surface area contributed by atoms with Crippen molar-refractivity contribution in [3.8, 4) is 33.4 Å². The Kier molecular flexibility index (Phi) is 5.25. The summed E-state index contributed by atoms with van der Waals surface area (Å²) in [7, 11) is 0. The van der Waals surface area contributed by atoms with Crippen molar-refractivity contribution >= 4 is 74.6 Å². The maximum absolute atomic E-state index is 2.44. The van der Waals surface area contributed by atoms with Gasteiger partial charge in [-0.25, -0.2) is 0 Å². The van der Waals surface area contributed by atoms with Crippen molar-refractivity contribution in [2.45, 2.75) is 0 Å². The van der Waals surface area contributed by atoms with Gasteiger partial charge in [0.15, 0.2) is 0 Å². The number of hydrogen-bond donors (Lipinski definition) is 0.